The first kappa shape index (κ1) is 19.7. The van der Waals surface area contributed by atoms with Crippen molar-refractivity contribution in [1.29, 1.82) is 0 Å². The predicted molar refractivity (Wildman–Crippen MR) is 107 cm³/mol. The molecule has 0 spiro atoms. The molecule has 146 valence electrons. The van der Waals surface area contributed by atoms with Crippen LogP contribution in [0.1, 0.15) is 38.7 Å². The van der Waals surface area contributed by atoms with Crippen LogP contribution in [0.2, 0.25) is 0 Å². The Hall–Kier alpha value is -1.10. The normalized spacial score (nSPS) is 26.1. The van der Waals surface area contributed by atoms with Crippen LogP contribution in [-0.4, -0.2) is 67.9 Å². The summed E-state index contributed by atoms with van der Waals surface area (Å²) in [6, 6.07) is 8.28. The summed E-state index contributed by atoms with van der Waals surface area (Å²) in [6.45, 7) is 14.4. The molecule has 3 rings (SSSR count). The van der Waals surface area contributed by atoms with Gasteiger partial charge < -0.3 is 14.4 Å². The average molecular weight is 361 g/mol. The second-order valence-electron chi connectivity index (χ2n) is 8.23. The highest BCUT2D eigenvalue weighted by Gasteiger charge is 2.26. The molecule has 2 heterocycles. The average Bonchev–Trinajstić information content (AvgIpc) is 2.61. The third kappa shape index (κ3) is 5.97. The Bertz CT molecular complexity index is 533. The summed E-state index contributed by atoms with van der Waals surface area (Å²) in [6.07, 6.45) is 4.54. The predicted octanol–water partition coefficient (Wildman–Crippen LogP) is 3.59. The van der Waals surface area contributed by atoms with Crippen molar-refractivity contribution in [3.63, 3.8) is 0 Å². The smallest absolute Gasteiger partial charge is 0.122 e. The fourth-order valence-electron chi connectivity index (χ4n) is 4.38. The Balaban J connectivity index is 1.30. The highest BCUT2D eigenvalue weighted by atomic mass is 16.5. The number of hydrogen-bond donors (Lipinski definition) is 0. The molecule has 0 bridgehead atoms. The first-order valence-corrected chi connectivity index (χ1v) is 10.4. The summed E-state index contributed by atoms with van der Waals surface area (Å²) in [5.74, 6) is 1.88. The van der Waals surface area contributed by atoms with E-state index < -0.39 is 0 Å². The van der Waals surface area contributed by atoms with E-state index in [-0.39, 0.29) is 0 Å². The lowest BCUT2D eigenvalue weighted by Gasteiger charge is -2.39. The van der Waals surface area contributed by atoms with Crippen LogP contribution in [0.5, 0.6) is 5.75 Å². The summed E-state index contributed by atoms with van der Waals surface area (Å²) in [5.41, 5.74) is 1.22. The van der Waals surface area contributed by atoms with E-state index in [1.165, 1.54) is 38.0 Å². The molecular weight excluding hydrogens is 324 g/mol. The van der Waals surface area contributed by atoms with Gasteiger partial charge in [0.25, 0.3) is 0 Å². The van der Waals surface area contributed by atoms with Crippen molar-refractivity contribution in [1.82, 2.24) is 9.80 Å². The van der Waals surface area contributed by atoms with Crippen molar-refractivity contribution in [3.05, 3.63) is 29.8 Å². The number of benzene rings is 1. The zero-order chi connectivity index (χ0) is 18.4. The van der Waals surface area contributed by atoms with E-state index in [1.54, 1.807) is 0 Å². The first-order chi connectivity index (χ1) is 12.6. The fraction of sp³-hybridized carbons (Fsp3) is 0.727. The van der Waals surface area contributed by atoms with Crippen LogP contribution >= 0.6 is 0 Å². The van der Waals surface area contributed by atoms with Crippen LogP contribution in [0, 0.1) is 12.8 Å². The van der Waals surface area contributed by atoms with Gasteiger partial charge in [-0.05, 0) is 70.7 Å². The number of morpholine rings is 1. The van der Waals surface area contributed by atoms with Gasteiger partial charge >= 0.3 is 0 Å². The van der Waals surface area contributed by atoms with Crippen molar-refractivity contribution in [2.45, 2.75) is 52.2 Å². The number of hydrogen-bond acceptors (Lipinski definition) is 4. The Morgan fingerprint density at radius 3 is 2.42 bits per heavy atom. The molecule has 2 aliphatic rings. The van der Waals surface area contributed by atoms with Gasteiger partial charge in [0, 0.05) is 26.2 Å². The molecule has 0 aromatic heterocycles. The number of ether oxygens (including phenoxy) is 2. The molecule has 4 nitrogen and oxygen atoms in total. The minimum absolute atomic E-state index is 0.382. The highest BCUT2D eigenvalue weighted by Crippen LogP contribution is 2.21. The van der Waals surface area contributed by atoms with E-state index in [9.17, 15) is 0 Å². The minimum Gasteiger partial charge on any atom is -0.493 e. The molecule has 2 atom stereocenters. The molecule has 2 unspecified atom stereocenters. The van der Waals surface area contributed by atoms with Crippen LogP contribution in [0.3, 0.4) is 0 Å². The third-order valence-corrected chi connectivity index (χ3v) is 5.69. The van der Waals surface area contributed by atoms with Gasteiger partial charge in [0.05, 0.1) is 18.8 Å². The minimum atomic E-state index is 0.382. The molecule has 0 amide bonds. The Morgan fingerprint density at radius 1 is 1.04 bits per heavy atom. The van der Waals surface area contributed by atoms with Gasteiger partial charge in [-0.25, -0.2) is 0 Å². The van der Waals surface area contributed by atoms with Gasteiger partial charge in [0.15, 0.2) is 0 Å². The van der Waals surface area contributed by atoms with Crippen LogP contribution in [0.15, 0.2) is 24.3 Å². The summed E-state index contributed by atoms with van der Waals surface area (Å²) < 4.78 is 11.8. The number of para-hydroxylation sites is 1. The zero-order valence-electron chi connectivity index (χ0n) is 16.8. The second-order valence-corrected chi connectivity index (χ2v) is 8.23. The number of nitrogens with zero attached hydrogens (tertiary/aromatic N) is 2. The molecule has 0 saturated carbocycles. The molecular formula is C22H36N2O2. The Kier molecular flexibility index (Phi) is 7.35. The summed E-state index contributed by atoms with van der Waals surface area (Å²) in [5, 5.41) is 0. The van der Waals surface area contributed by atoms with E-state index >= 15 is 0 Å². The third-order valence-electron chi connectivity index (χ3n) is 5.69. The largest absolute Gasteiger partial charge is 0.493 e. The SMILES string of the molecule is Cc1ccccc1OCCCN1CCC(CN2CC(C)OC(C)C2)CC1. The van der Waals surface area contributed by atoms with Crippen LogP contribution in [0.25, 0.3) is 0 Å². The molecule has 2 saturated heterocycles. The lowest BCUT2D eigenvalue weighted by molar-refractivity contribution is -0.0731. The van der Waals surface area contributed by atoms with E-state index in [4.69, 9.17) is 9.47 Å². The maximum atomic E-state index is 5.92. The Morgan fingerprint density at radius 2 is 1.73 bits per heavy atom. The molecule has 26 heavy (non-hydrogen) atoms. The molecule has 0 aliphatic carbocycles. The molecule has 1 aromatic carbocycles. The monoisotopic (exact) mass is 360 g/mol. The zero-order valence-corrected chi connectivity index (χ0v) is 16.8. The molecule has 2 aliphatic heterocycles. The second kappa shape index (κ2) is 9.72. The summed E-state index contributed by atoms with van der Waals surface area (Å²) in [7, 11) is 0. The first-order valence-electron chi connectivity index (χ1n) is 10.4. The molecule has 1 aromatic rings. The van der Waals surface area contributed by atoms with Gasteiger partial charge in [0.2, 0.25) is 0 Å². The standard InChI is InChI=1S/C22H36N2O2/c1-18-7-4-5-8-22(18)25-14-6-11-23-12-9-21(10-13-23)17-24-15-19(2)26-20(3)16-24/h4-5,7-8,19-21H,6,9-17H2,1-3H3. The topological polar surface area (TPSA) is 24.9 Å². The maximum Gasteiger partial charge on any atom is 0.122 e. The van der Waals surface area contributed by atoms with Crippen molar-refractivity contribution in [2.75, 3.05) is 45.9 Å². The fourth-order valence-corrected chi connectivity index (χ4v) is 4.38. The lowest BCUT2D eigenvalue weighted by Crippen LogP contribution is -2.48. The number of piperidine rings is 1. The van der Waals surface area contributed by atoms with E-state index in [0.717, 1.165) is 44.3 Å². The van der Waals surface area contributed by atoms with Gasteiger partial charge in [-0.2, -0.15) is 0 Å². The quantitative estimate of drug-likeness (QED) is 0.694. The van der Waals surface area contributed by atoms with Crippen molar-refractivity contribution in [2.24, 2.45) is 5.92 Å². The van der Waals surface area contributed by atoms with Crippen LogP contribution in [0.4, 0.5) is 0 Å². The van der Waals surface area contributed by atoms with Gasteiger partial charge in [-0.15, -0.1) is 0 Å². The number of rotatable bonds is 7. The van der Waals surface area contributed by atoms with Gasteiger partial charge in [-0.3, -0.25) is 4.90 Å². The van der Waals surface area contributed by atoms with Crippen LogP contribution in [-0.2, 0) is 4.74 Å². The molecule has 4 heteroatoms. The maximum absolute atomic E-state index is 5.92. The van der Waals surface area contributed by atoms with Crippen molar-refractivity contribution in [3.8, 4) is 5.75 Å². The summed E-state index contributed by atoms with van der Waals surface area (Å²) >= 11 is 0. The molecule has 0 N–H and O–H groups in total. The Labute approximate surface area is 159 Å². The summed E-state index contributed by atoms with van der Waals surface area (Å²) in [4.78, 5) is 5.23. The molecule has 2 fully saturated rings. The number of likely N-dealkylation sites (tertiary alicyclic amines) is 1. The van der Waals surface area contributed by atoms with Gasteiger partial charge in [-0.1, -0.05) is 18.2 Å². The van der Waals surface area contributed by atoms with Crippen molar-refractivity contribution >= 4 is 0 Å². The number of aryl methyl sites for hydroxylation is 1. The van der Waals surface area contributed by atoms with E-state index in [0.29, 0.717) is 12.2 Å². The van der Waals surface area contributed by atoms with Crippen LogP contribution < -0.4 is 4.74 Å². The highest BCUT2D eigenvalue weighted by molar-refractivity contribution is 5.31. The van der Waals surface area contributed by atoms with E-state index in [1.807, 2.05) is 6.07 Å². The lowest BCUT2D eigenvalue weighted by atomic mass is 9.95. The van der Waals surface area contributed by atoms with Crippen molar-refractivity contribution < 1.29 is 9.47 Å². The van der Waals surface area contributed by atoms with E-state index in [2.05, 4.69) is 48.8 Å². The molecule has 0 radical (unpaired) electrons. The van der Waals surface area contributed by atoms with Gasteiger partial charge in [0.1, 0.15) is 5.75 Å².